The van der Waals surface area contributed by atoms with Gasteiger partial charge in [0, 0.05) is 11.6 Å². The van der Waals surface area contributed by atoms with Gasteiger partial charge in [-0.05, 0) is 36.8 Å². The number of rotatable bonds is 5. The molecule has 0 radical (unpaired) electrons. The summed E-state index contributed by atoms with van der Waals surface area (Å²) in [5, 5.41) is 0.858. The lowest BCUT2D eigenvalue weighted by Gasteiger charge is -2.06. The van der Waals surface area contributed by atoms with Crippen LogP contribution < -0.4 is 4.74 Å². The molecule has 5 nitrogen and oxygen atoms in total. The van der Waals surface area contributed by atoms with Crippen LogP contribution in [0.4, 0.5) is 0 Å². The van der Waals surface area contributed by atoms with E-state index in [1.54, 1.807) is 12.3 Å². The number of hydrogen-bond donors (Lipinski definition) is 0. The van der Waals surface area contributed by atoms with Gasteiger partial charge in [-0.1, -0.05) is 30.3 Å². The van der Waals surface area contributed by atoms with Crippen molar-refractivity contribution in [1.29, 1.82) is 0 Å². The van der Waals surface area contributed by atoms with Crippen molar-refractivity contribution in [3.8, 4) is 17.1 Å². The molecule has 0 unspecified atom stereocenters. The van der Waals surface area contributed by atoms with Gasteiger partial charge in [0.25, 0.3) is 0 Å². The summed E-state index contributed by atoms with van der Waals surface area (Å²) in [7, 11) is 0. The van der Waals surface area contributed by atoms with E-state index >= 15 is 0 Å². The Morgan fingerprint density at radius 2 is 1.96 bits per heavy atom. The molecule has 0 spiro atoms. The summed E-state index contributed by atoms with van der Waals surface area (Å²) in [6.07, 6.45) is 2.28. The zero-order chi connectivity index (χ0) is 17.9. The predicted molar refractivity (Wildman–Crippen MR) is 98.1 cm³/mol. The van der Waals surface area contributed by atoms with Gasteiger partial charge in [0.15, 0.2) is 12.1 Å². The highest BCUT2D eigenvalue weighted by atomic mass is 16.5. The molecule has 2 heterocycles. The summed E-state index contributed by atoms with van der Waals surface area (Å²) in [6, 6.07) is 17.2. The monoisotopic (exact) mass is 344 g/mol. The normalized spacial score (nSPS) is 10.8. The molecule has 128 valence electrons. The first-order valence-corrected chi connectivity index (χ1v) is 8.23. The first-order chi connectivity index (χ1) is 12.7. The number of fused-ring (bicyclic) bond motifs is 1. The molecule has 4 aromatic rings. The number of furan rings is 1. The summed E-state index contributed by atoms with van der Waals surface area (Å²) < 4.78 is 11.7. The summed E-state index contributed by atoms with van der Waals surface area (Å²) in [5.41, 5.74) is 2.93. The van der Waals surface area contributed by atoms with Gasteiger partial charge in [-0.25, -0.2) is 9.97 Å². The van der Waals surface area contributed by atoms with Crippen molar-refractivity contribution in [1.82, 2.24) is 9.97 Å². The maximum atomic E-state index is 11.0. The van der Waals surface area contributed by atoms with Crippen LogP contribution >= 0.6 is 0 Å². The number of aldehydes is 1. The highest BCUT2D eigenvalue weighted by molar-refractivity contribution is 5.95. The predicted octanol–water partition coefficient (Wildman–Crippen LogP) is 4.59. The van der Waals surface area contributed by atoms with Crippen LogP contribution in [-0.2, 0) is 6.61 Å². The zero-order valence-corrected chi connectivity index (χ0v) is 14.2. The molecule has 2 aromatic carbocycles. The van der Waals surface area contributed by atoms with Gasteiger partial charge in [0.2, 0.25) is 0 Å². The van der Waals surface area contributed by atoms with Crippen molar-refractivity contribution >= 4 is 17.3 Å². The minimum Gasteiger partial charge on any atom is -0.489 e. The van der Waals surface area contributed by atoms with Gasteiger partial charge in [-0.2, -0.15) is 0 Å². The first kappa shape index (κ1) is 16.0. The van der Waals surface area contributed by atoms with Crippen LogP contribution in [0.1, 0.15) is 21.8 Å². The van der Waals surface area contributed by atoms with Crippen molar-refractivity contribution in [2.45, 2.75) is 13.5 Å². The van der Waals surface area contributed by atoms with E-state index in [9.17, 15) is 4.79 Å². The fourth-order valence-electron chi connectivity index (χ4n) is 2.87. The zero-order valence-electron chi connectivity index (χ0n) is 14.2. The molecule has 0 saturated carbocycles. The lowest BCUT2D eigenvalue weighted by molar-refractivity contribution is 0.111. The standard InChI is InChI=1S/C21H16N2O3/c1-14-20(21-22-10-9-16(12-24)23-21)18-11-17(7-8-19(18)26-14)25-13-15-5-3-2-4-6-15/h2-12H,13H2,1H3. The maximum Gasteiger partial charge on any atom is 0.168 e. The number of hydrogen-bond acceptors (Lipinski definition) is 5. The third-order valence-corrected chi connectivity index (χ3v) is 4.11. The number of aromatic nitrogens is 2. The molecule has 0 aliphatic carbocycles. The molecule has 5 heteroatoms. The maximum absolute atomic E-state index is 11.0. The Hall–Kier alpha value is -3.47. The van der Waals surface area contributed by atoms with Crippen molar-refractivity contribution in [2.75, 3.05) is 0 Å². The summed E-state index contributed by atoms with van der Waals surface area (Å²) >= 11 is 0. The SMILES string of the molecule is Cc1oc2ccc(OCc3ccccc3)cc2c1-c1nccc(C=O)n1. The molecule has 0 N–H and O–H groups in total. The number of aryl methyl sites for hydroxylation is 1. The molecule has 0 aliphatic heterocycles. The van der Waals surface area contributed by atoms with Crippen LogP contribution in [-0.4, -0.2) is 16.3 Å². The summed E-state index contributed by atoms with van der Waals surface area (Å²) in [4.78, 5) is 19.6. The fourth-order valence-corrected chi connectivity index (χ4v) is 2.87. The number of ether oxygens (including phenoxy) is 1. The van der Waals surface area contributed by atoms with Crippen LogP contribution in [0.15, 0.2) is 65.2 Å². The molecule has 0 amide bonds. The van der Waals surface area contributed by atoms with E-state index in [0.717, 1.165) is 27.8 Å². The largest absolute Gasteiger partial charge is 0.489 e. The smallest absolute Gasteiger partial charge is 0.168 e. The lowest BCUT2D eigenvalue weighted by atomic mass is 10.1. The van der Waals surface area contributed by atoms with Gasteiger partial charge in [-0.3, -0.25) is 4.79 Å². The van der Waals surface area contributed by atoms with Crippen LogP contribution in [0, 0.1) is 6.92 Å². The van der Waals surface area contributed by atoms with Gasteiger partial charge >= 0.3 is 0 Å². The quantitative estimate of drug-likeness (QED) is 0.495. The van der Waals surface area contributed by atoms with E-state index in [1.807, 2.05) is 55.5 Å². The molecule has 26 heavy (non-hydrogen) atoms. The van der Waals surface area contributed by atoms with Crippen LogP contribution in [0.3, 0.4) is 0 Å². The molecule has 0 fully saturated rings. The molecule has 0 aliphatic rings. The Bertz CT molecular complexity index is 1070. The van der Waals surface area contributed by atoms with E-state index in [2.05, 4.69) is 9.97 Å². The van der Waals surface area contributed by atoms with E-state index in [4.69, 9.17) is 9.15 Å². The molecule has 2 aromatic heterocycles. The second-order valence-electron chi connectivity index (χ2n) is 5.89. The van der Waals surface area contributed by atoms with Gasteiger partial charge in [0.1, 0.15) is 29.4 Å². The van der Waals surface area contributed by atoms with Gasteiger partial charge < -0.3 is 9.15 Å². The highest BCUT2D eigenvalue weighted by Gasteiger charge is 2.16. The van der Waals surface area contributed by atoms with Gasteiger partial charge in [-0.15, -0.1) is 0 Å². The second-order valence-corrected chi connectivity index (χ2v) is 5.89. The molecular weight excluding hydrogens is 328 g/mol. The van der Waals surface area contributed by atoms with Crippen molar-refractivity contribution in [3.05, 3.63) is 77.8 Å². The van der Waals surface area contributed by atoms with Crippen molar-refractivity contribution in [3.63, 3.8) is 0 Å². The van der Waals surface area contributed by atoms with Crippen LogP contribution in [0.5, 0.6) is 5.75 Å². The molecule has 4 rings (SSSR count). The molecule has 0 saturated heterocycles. The van der Waals surface area contributed by atoms with E-state index in [-0.39, 0.29) is 0 Å². The number of benzene rings is 2. The number of nitrogens with zero attached hydrogens (tertiary/aromatic N) is 2. The minimum absolute atomic E-state index is 0.334. The second kappa shape index (κ2) is 6.80. The Labute approximate surface area is 150 Å². The lowest BCUT2D eigenvalue weighted by Crippen LogP contribution is -1.95. The summed E-state index contributed by atoms with van der Waals surface area (Å²) in [6.45, 7) is 2.34. The number of carbonyl (C=O) groups is 1. The molecule has 0 atom stereocenters. The Kier molecular flexibility index (Phi) is 4.19. The van der Waals surface area contributed by atoms with Crippen LogP contribution in [0.2, 0.25) is 0 Å². The van der Waals surface area contributed by atoms with E-state index in [1.165, 1.54) is 0 Å². The van der Waals surface area contributed by atoms with E-state index in [0.29, 0.717) is 30.2 Å². The topological polar surface area (TPSA) is 65.2 Å². The fraction of sp³-hybridized carbons (Fsp3) is 0.0952. The number of carbonyl (C=O) groups excluding carboxylic acids is 1. The van der Waals surface area contributed by atoms with Crippen molar-refractivity contribution in [2.24, 2.45) is 0 Å². The van der Waals surface area contributed by atoms with Gasteiger partial charge in [0.05, 0.1) is 5.56 Å². The van der Waals surface area contributed by atoms with Crippen molar-refractivity contribution < 1.29 is 13.9 Å². The minimum atomic E-state index is 0.334. The third-order valence-electron chi connectivity index (χ3n) is 4.11. The Balaban J connectivity index is 1.71. The van der Waals surface area contributed by atoms with Crippen LogP contribution in [0.25, 0.3) is 22.4 Å². The first-order valence-electron chi connectivity index (χ1n) is 8.23. The molecule has 0 bridgehead atoms. The third kappa shape index (κ3) is 3.07. The molecular formula is C21H16N2O3. The highest BCUT2D eigenvalue weighted by Crippen LogP contribution is 2.34. The Morgan fingerprint density at radius 3 is 2.77 bits per heavy atom. The van der Waals surface area contributed by atoms with E-state index < -0.39 is 0 Å². The summed E-state index contributed by atoms with van der Waals surface area (Å²) in [5.74, 6) is 1.89. The Morgan fingerprint density at radius 1 is 1.12 bits per heavy atom. The average Bonchev–Trinajstić information content (AvgIpc) is 3.02. The average molecular weight is 344 g/mol.